The minimum Gasteiger partial charge on any atom is -0.378 e. The van der Waals surface area contributed by atoms with E-state index in [9.17, 15) is 0 Å². The Kier molecular flexibility index (Phi) is 5.72. The number of nitrogens with zero attached hydrogens (tertiary/aromatic N) is 1. The molecule has 0 aliphatic carbocycles. The Morgan fingerprint density at radius 3 is 2.50 bits per heavy atom. The highest BCUT2D eigenvalue weighted by Crippen LogP contribution is 2.38. The van der Waals surface area contributed by atoms with Gasteiger partial charge >= 0.3 is 0 Å². The van der Waals surface area contributed by atoms with Crippen molar-refractivity contribution < 1.29 is 9.47 Å². The zero-order chi connectivity index (χ0) is 13.8. The van der Waals surface area contributed by atoms with E-state index in [1.165, 1.54) is 0 Å². The van der Waals surface area contributed by atoms with Crippen LogP contribution in [0.1, 0.15) is 49.4 Å². The third kappa shape index (κ3) is 3.75. The molecule has 5 heteroatoms. The number of rotatable bonds is 6. The third-order valence-electron chi connectivity index (χ3n) is 2.61. The van der Waals surface area contributed by atoms with Crippen LogP contribution >= 0.6 is 11.3 Å². The number of nitrogens with two attached hydrogens (primary N) is 1. The Morgan fingerprint density at radius 2 is 2.06 bits per heavy atom. The fourth-order valence-electron chi connectivity index (χ4n) is 1.78. The first-order valence-electron chi connectivity index (χ1n) is 6.23. The molecule has 18 heavy (non-hydrogen) atoms. The molecule has 1 aromatic heterocycles. The van der Waals surface area contributed by atoms with Crippen LogP contribution in [-0.4, -0.2) is 18.7 Å². The standard InChI is InChI=1S/C13H24N2O2S/c1-6-17-11(13(2,3)4)12-15-9(8-16-5)10(7-14)18-12/h11H,6-8,14H2,1-5H3. The predicted molar refractivity (Wildman–Crippen MR) is 74.5 cm³/mol. The Morgan fingerprint density at radius 1 is 1.39 bits per heavy atom. The van der Waals surface area contributed by atoms with Gasteiger partial charge in [0.1, 0.15) is 11.1 Å². The van der Waals surface area contributed by atoms with E-state index in [4.69, 9.17) is 15.2 Å². The zero-order valence-electron chi connectivity index (χ0n) is 11.9. The van der Waals surface area contributed by atoms with Crippen molar-refractivity contribution >= 4 is 11.3 Å². The average Bonchev–Trinajstić information content (AvgIpc) is 2.67. The highest BCUT2D eigenvalue weighted by molar-refractivity contribution is 7.11. The van der Waals surface area contributed by atoms with Crippen LogP contribution in [0.2, 0.25) is 0 Å². The van der Waals surface area contributed by atoms with Gasteiger partial charge in [0.05, 0.1) is 12.3 Å². The van der Waals surface area contributed by atoms with Gasteiger partial charge in [-0.3, -0.25) is 0 Å². The molecule has 1 rings (SSSR count). The summed E-state index contributed by atoms with van der Waals surface area (Å²) in [5.41, 5.74) is 6.71. The van der Waals surface area contributed by atoms with Crippen molar-refractivity contribution in [2.45, 2.75) is 47.0 Å². The maximum Gasteiger partial charge on any atom is 0.123 e. The lowest BCUT2D eigenvalue weighted by atomic mass is 9.89. The van der Waals surface area contributed by atoms with Crippen molar-refractivity contribution in [2.75, 3.05) is 13.7 Å². The van der Waals surface area contributed by atoms with Crippen LogP contribution < -0.4 is 5.73 Å². The molecule has 0 amide bonds. The lowest BCUT2D eigenvalue weighted by molar-refractivity contribution is -0.0135. The fourth-order valence-corrected chi connectivity index (χ4v) is 3.03. The maximum absolute atomic E-state index is 5.85. The minimum absolute atomic E-state index is 0.00315. The molecule has 0 aromatic carbocycles. The highest BCUT2D eigenvalue weighted by Gasteiger charge is 2.30. The van der Waals surface area contributed by atoms with Crippen LogP contribution in [-0.2, 0) is 22.6 Å². The molecule has 0 radical (unpaired) electrons. The Bertz CT molecular complexity index is 372. The first-order chi connectivity index (χ1) is 8.43. The smallest absolute Gasteiger partial charge is 0.123 e. The van der Waals surface area contributed by atoms with E-state index in [-0.39, 0.29) is 11.5 Å². The summed E-state index contributed by atoms with van der Waals surface area (Å²) >= 11 is 1.63. The van der Waals surface area contributed by atoms with E-state index in [2.05, 4.69) is 25.8 Å². The van der Waals surface area contributed by atoms with Crippen LogP contribution in [0.3, 0.4) is 0 Å². The van der Waals surface area contributed by atoms with Crippen molar-refractivity contribution in [3.63, 3.8) is 0 Å². The number of hydrogen-bond donors (Lipinski definition) is 1. The lowest BCUT2D eigenvalue weighted by Gasteiger charge is -2.28. The zero-order valence-corrected chi connectivity index (χ0v) is 12.8. The largest absolute Gasteiger partial charge is 0.378 e. The van der Waals surface area contributed by atoms with Gasteiger partial charge in [-0.15, -0.1) is 11.3 Å². The monoisotopic (exact) mass is 272 g/mol. The molecular formula is C13H24N2O2S. The first-order valence-corrected chi connectivity index (χ1v) is 7.04. The molecule has 1 aromatic rings. The normalized spacial score (nSPS) is 13.9. The van der Waals surface area contributed by atoms with Crippen molar-refractivity contribution in [2.24, 2.45) is 11.1 Å². The van der Waals surface area contributed by atoms with Crippen LogP contribution in [0.25, 0.3) is 0 Å². The fraction of sp³-hybridized carbons (Fsp3) is 0.769. The van der Waals surface area contributed by atoms with Gasteiger partial charge in [0.15, 0.2) is 0 Å². The van der Waals surface area contributed by atoms with Crippen LogP contribution in [0.5, 0.6) is 0 Å². The summed E-state index contributed by atoms with van der Waals surface area (Å²) in [6.45, 7) is 10.2. The summed E-state index contributed by atoms with van der Waals surface area (Å²) in [4.78, 5) is 5.73. The first kappa shape index (κ1) is 15.6. The van der Waals surface area contributed by atoms with Gasteiger partial charge in [-0.1, -0.05) is 20.8 Å². The average molecular weight is 272 g/mol. The van der Waals surface area contributed by atoms with E-state index in [0.29, 0.717) is 19.8 Å². The molecule has 0 saturated carbocycles. The van der Waals surface area contributed by atoms with Crippen molar-refractivity contribution in [1.29, 1.82) is 0 Å². The Balaban J connectivity index is 3.05. The number of hydrogen-bond acceptors (Lipinski definition) is 5. The summed E-state index contributed by atoms with van der Waals surface area (Å²) in [6, 6.07) is 0. The molecular weight excluding hydrogens is 248 g/mol. The maximum atomic E-state index is 5.85. The molecule has 0 fully saturated rings. The summed E-state index contributed by atoms with van der Waals surface area (Å²) in [5, 5.41) is 0.997. The van der Waals surface area contributed by atoms with E-state index >= 15 is 0 Å². The molecule has 0 aliphatic rings. The van der Waals surface area contributed by atoms with E-state index < -0.39 is 0 Å². The second-order valence-corrected chi connectivity index (χ2v) is 6.38. The second-order valence-electron chi connectivity index (χ2n) is 5.26. The topological polar surface area (TPSA) is 57.4 Å². The number of aromatic nitrogens is 1. The molecule has 1 heterocycles. The van der Waals surface area contributed by atoms with E-state index in [1.54, 1.807) is 18.4 Å². The number of thiazole rings is 1. The summed E-state index contributed by atoms with van der Waals surface area (Å²) in [6.07, 6.45) is 0.00315. The SMILES string of the molecule is CCOC(c1nc(COC)c(CN)s1)C(C)(C)C. The summed E-state index contributed by atoms with van der Waals surface area (Å²) < 4.78 is 11.0. The van der Waals surface area contributed by atoms with Crippen LogP contribution in [0, 0.1) is 5.41 Å². The van der Waals surface area contributed by atoms with Gasteiger partial charge in [0.2, 0.25) is 0 Å². The number of ether oxygens (including phenoxy) is 2. The molecule has 4 nitrogen and oxygen atoms in total. The molecule has 2 N–H and O–H groups in total. The van der Waals surface area contributed by atoms with Crippen molar-refractivity contribution in [3.05, 3.63) is 15.6 Å². The van der Waals surface area contributed by atoms with E-state index in [0.717, 1.165) is 15.6 Å². The predicted octanol–water partition coefficient (Wildman–Crippen LogP) is 2.87. The lowest BCUT2D eigenvalue weighted by Crippen LogP contribution is -2.21. The van der Waals surface area contributed by atoms with Gasteiger partial charge in [-0.05, 0) is 12.3 Å². The van der Waals surface area contributed by atoms with E-state index in [1.807, 2.05) is 6.92 Å². The molecule has 0 spiro atoms. The molecule has 104 valence electrons. The summed E-state index contributed by atoms with van der Waals surface area (Å²) in [7, 11) is 1.67. The van der Waals surface area contributed by atoms with Gasteiger partial charge in [-0.2, -0.15) is 0 Å². The van der Waals surface area contributed by atoms with Gasteiger partial charge in [0.25, 0.3) is 0 Å². The Labute approximate surface area is 114 Å². The van der Waals surface area contributed by atoms with Crippen LogP contribution in [0.15, 0.2) is 0 Å². The molecule has 1 atom stereocenters. The molecule has 1 unspecified atom stereocenters. The Hall–Kier alpha value is -0.490. The second kappa shape index (κ2) is 6.61. The van der Waals surface area contributed by atoms with Gasteiger partial charge < -0.3 is 15.2 Å². The third-order valence-corrected chi connectivity index (χ3v) is 3.77. The molecule has 0 saturated heterocycles. The molecule has 0 bridgehead atoms. The van der Waals surface area contributed by atoms with Crippen molar-refractivity contribution in [1.82, 2.24) is 4.98 Å². The van der Waals surface area contributed by atoms with Crippen LogP contribution in [0.4, 0.5) is 0 Å². The quantitative estimate of drug-likeness (QED) is 0.865. The van der Waals surface area contributed by atoms with Crippen molar-refractivity contribution in [3.8, 4) is 0 Å². The van der Waals surface area contributed by atoms with Gasteiger partial charge in [-0.25, -0.2) is 4.98 Å². The summed E-state index contributed by atoms with van der Waals surface area (Å²) in [5.74, 6) is 0. The van der Waals surface area contributed by atoms with Gasteiger partial charge in [0, 0.05) is 25.1 Å². The molecule has 0 aliphatic heterocycles. The number of methoxy groups -OCH3 is 1. The highest BCUT2D eigenvalue weighted by atomic mass is 32.1. The minimum atomic E-state index is 0.00315.